The van der Waals surface area contributed by atoms with Crippen LogP contribution in [0, 0.1) is 15.3 Å². The molecule has 2 N–H and O–H groups in total. The number of nitrogens with zero attached hydrogens (tertiary/aromatic N) is 2. The Hall–Kier alpha value is -2.20. The zero-order chi connectivity index (χ0) is 20.2. The maximum absolute atomic E-state index is 14.3. The second kappa shape index (κ2) is 9.08. The van der Waals surface area contributed by atoms with Crippen LogP contribution in [-0.4, -0.2) is 36.8 Å². The molecule has 8 heteroatoms. The van der Waals surface area contributed by atoms with Crippen LogP contribution in [0.15, 0.2) is 36.7 Å². The first kappa shape index (κ1) is 20.1. The smallest absolute Gasteiger partial charge is 0.163 e. The first-order chi connectivity index (χ1) is 14.1. The molecule has 2 heterocycles. The van der Waals surface area contributed by atoms with E-state index in [1.807, 2.05) is 18.2 Å². The number of hydrogen-bond donors (Lipinski definition) is 2. The summed E-state index contributed by atoms with van der Waals surface area (Å²) >= 11 is 2.08. The Kier molecular flexibility index (Phi) is 6.29. The minimum Gasteiger partial charge on any atom is -0.493 e. The molecule has 6 nitrogen and oxygen atoms in total. The number of ether oxygens (including phenoxy) is 2. The van der Waals surface area contributed by atoms with E-state index >= 15 is 0 Å². The fraction of sp³-hybridized carbons (Fsp3) is 0.333. The van der Waals surface area contributed by atoms with E-state index in [4.69, 9.17) is 9.47 Å². The van der Waals surface area contributed by atoms with Gasteiger partial charge in [0.15, 0.2) is 11.5 Å². The van der Waals surface area contributed by atoms with Crippen LogP contribution < -0.4 is 20.1 Å². The molecule has 2 aromatic carbocycles. The molecule has 1 aromatic heterocycles. The molecular formula is C21H22FIN4O2. The molecule has 0 aliphatic carbocycles. The highest BCUT2D eigenvalue weighted by Gasteiger charge is 2.17. The molecular weight excluding hydrogens is 486 g/mol. The number of aromatic nitrogens is 2. The zero-order valence-corrected chi connectivity index (χ0v) is 18.2. The normalized spacial score (nSPS) is 14.7. The summed E-state index contributed by atoms with van der Waals surface area (Å²) in [7, 11) is 1.61. The summed E-state index contributed by atoms with van der Waals surface area (Å²) in [5.74, 6) is 1.97. The van der Waals surface area contributed by atoms with Crippen molar-refractivity contribution in [3.8, 4) is 11.5 Å². The highest BCUT2D eigenvalue weighted by atomic mass is 127. The Morgan fingerprint density at radius 1 is 1.17 bits per heavy atom. The van der Waals surface area contributed by atoms with E-state index in [9.17, 15) is 4.39 Å². The van der Waals surface area contributed by atoms with E-state index in [1.165, 1.54) is 12.4 Å². The molecule has 1 saturated heterocycles. The molecule has 0 spiro atoms. The van der Waals surface area contributed by atoms with Crippen LogP contribution in [0.4, 0.5) is 15.9 Å². The summed E-state index contributed by atoms with van der Waals surface area (Å²) in [6, 6.07) is 8.69. The minimum atomic E-state index is -0.336. The molecule has 29 heavy (non-hydrogen) atoms. The van der Waals surface area contributed by atoms with Gasteiger partial charge in [0.25, 0.3) is 0 Å². The third-order valence-corrected chi connectivity index (χ3v) is 5.71. The zero-order valence-electron chi connectivity index (χ0n) is 16.0. The van der Waals surface area contributed by atoms with Gasteiger partial charge in [-0.25, -0.2) is 14.4 Å². The van der Waals surface area contributed by atoms with Gasteiger partial charge in [-0.05, 0) is 78.7 Å². The quantitative estimate of drug-likeness (QED) is 0.478. The Morgan fingerprint density at radius 2 is 2.00 bits per heavy atom. The highest BCUT2D eigenvalue weighted by Crippen LogP contribution is 2.35. The summed E-state index contributed by atoms with van der Waals surface area (Å²) in [6.07, 6.45) is 3.67. The summed E-state index contributed by atoms with van der Waals surface area (Å²) in [5.41, 5.74) is 1.06. The SMILES string of the molecule is COc1cc2c(Nc3ccc(I)cc3F)ncnc2cc1OCC1CCNCC1. The molecule has 0 unspecified atom stereocenters. The van der Waals surface area contributed by atoms with Crippen LogP contribution in [0.3, 0.4) is 0 Å². The van der Waals surface area contributed by atoms with Crippen LogP contribution in [0.1, 0.15) is 12.8 Å². The van der Waals surface area contributed by atoms with E-state index in [0.29, 0.717) is 41.0 Å². The first-order valence-electron chi connectivity index (χ1n) is 9.52. The standard InChI is InChI=1S/C21H22FIN4O2/c1-28-19-9-15-18(10-20(19)29-11-13-4-6-24-7-5-13)25-12-26-21(15)27-17-3-2-14(23)8-16(17)22/h2-3,8-10,12-13,24H,4-7,11H2,1H3,(H,25,26,27). The van der Waals surface area contributed by atoms with Crippen LogP contribution in [0.2, 0.25) is 0 Å². The van der Waals surface area contributed by atoms with E-state index < -0.39 is 0 Å². The van der Waals surface area contributed by atoms with Gasteiger partial charge in [0.1, 0.15) is 18.0 Å². The lowest BCUT2D eigenvalue weighted by Crippen LogP contribution is -2.30. The lowest BCUT2D eigenvalue weighted by Gasteiger charge is -2.23. The first-order valence-corrected chi connectivity index (χ1v) is 10.6. The van der Waals surface area contributed by atoms with E-state index in [2.05, 4.69) is 43.2 Å². The summed E-state index contributed by atoms with van der Waals surface area (Å²) in [6.45, 7) is 2.70. The van der Waals surface area contributed by atoms with Crippen molar-refractivity contribution in [2.75, 3.05) is 32.1 Å². The number of rotatable bonds is 6. The highest BCUT2D eigenvalue weighted by molar-refractivity contribution is 14.1. The fourth-order valence-corrected chi connectivity index (χ4v) is 3.86. The molecule has 0 bridgehead atoms. The van der Waals surface area contributed by atoms with E-state index in [1.54, 1.807) is 13.2 Å². The second-order valence-corrected chi connectivity index (χ2v) is 8.24. The Morgan fingerprint density at radius 3 is 2.76 bits per heavy atom. The van der Waals surface area contributed by atoms with Gasteiger partial charge in [-0.1, -0.05) is 0 Å². The molecule has 1 fully saturated rings. The van der Waals surface area contributed by atoms with Crippen molar-refractivity contribution in [3.05, 3.63) is 46.0 Å². The van der Waals surface area contributed by atoms with Gasteiger partial charge in [-0.15, -0.1) is 0 Å². The molecule has 0 amide bonds. The van der Waals surface area contributed by atoms with Gasteiger partial charge in [0.05, 0.1) is 24.9 Å². The summed E-state index contributed by atoms with van der Waals surface area (Å²) in [4.78, 5) is 8.66. The van der Waals surface area contributed by atoms with Gasteiger partial charge in [-0.2, -0.15) is 0 Å². The fourth-order valence-electron chi connectivity index (χ4n) is 3.41. The van der Waals surface area contributed by atoms with Gasteiger partial charge in [0, 0.05) is 15.0 Å². The molecule has 0 saturated carbocycles. The van der Waals surface area contributed by atoms with Crippen molar-refractivity contribution in [1.29, 1.82) is 0 Å². The average molecular weight is 508 g/mol. The summed E-state index contributed by atoms with van der Waals surface area (Å²) in [5, 5.41) is 7.16. The van der Waals surface area contributed by atoms with Crippen LogP contribution in [0.25, 0.3) is 10.9 Å². The largest absolute Gasteiger partial charge is 0.493 e. The third kappa shape index (κ3) is 4.69. The maximum atomic E-state index is 14.3. The van der Waals surface area contributed by atoms with Gasteiger partial charge in [0.2, 0.25) is 0 Å². The van der Waals surface area contributed by atoms with Gasteiger partial charge < -0.3 is 20.1 Å². The second-order valence-electron chi connectivity index (χ2n) is 7.00. The topological polar surface area (TPSA) is 68.3 Å². The predicted molar refractivity (Wildman–Crippen MR) is 120 cm³/mol. The Bertz CT molecular complexity index is 1010. The molecule has 1 aliphatic heterocycles. The molecule has 3 aromatic rings. The van der Waals surface area contributed by atoms with Crippen molar-refractivity contribution in [1.82, 2.24) is 15.3 Å². The van der Waals surface area contributed by atoms with Crippen molar-refractivity contribution in [2.24, 2.45) is 5.92 Å². The molecule has 1 aliphatic rings. The lowest BCUT2D eigenvalue weighted by molar-refractivity contribution is 0.208. The Labute approximate surface area is 182 Å². The van der Waals surface area contributed by atoms with Crippen LogP contribution >= 0.6 is 22.6 Å². The number of benzene rings is 2. The van der Waals surface area contributed by atoms with Crippen LogP contribution in [0.5, 0.6) is 11.5 Å². The van der Waals surface area contributed by atoms with Crippen molar-refractivity contribution in [2.45, 2.75) is 12.8 Å². The molecule has 0 atom stereocenters. The van der Waals surface area contributed by atoms with Crippen LogP contribution in [-0.2, 0) is 0 Å². The van der Waals surface area contributed by atoms with Crippen molar-refractivity contribution >= 4 is 45.0 Å². The maximum Gasteiger partial charge on any atom is 0.163 e. The van der Waals surface area contributed by atoms with Gasteiger partial charge >= 0.3 is 0 Å². The number of nitrogens with one attached hydrogen (secondary N) is 2. The molecule has 0 radical (unpaired) electrons. The third-order valence-electron chi connectivity index (χ3n) is 5.04. The predicted octanol–water partition coefficient (Wildman–Crippen LogP) is 4.50. The van der Waals surface area contributed by atoms with Gasteiger partial charge in [-0.3, -0.25) is 0 Å². The number of piperidine rings is 1. The summed E-state index contributed by atoms with van der Waals surface area (Å²) < 4.78 is 26.7. The number of fused-ring (bicyclic) bond motifs is 1. The number of halogens is 2. The molecule has 4 rings (SSSR count). The number of anilines is 2. The lowest BCUT2D eigenvalue weighted by atomic mass is 9.99. The van der Waals surface area contributed by atoms with Crippen molar-refractivity contribution < 1.29 is 13.9 Å². The van der Waals surface area contributed by atoms with E-state index in [-0.39, 0.29) is 5.82 Å². The number of methoxy groups -OCH3 is 1. The average Bonchev–Trinajstić information content (AvgIpc) is 2.74. The number of hydrogen-bond acceptors (Lipinski definition) is 6. The monoisotopic (exact) mass is 508 g/mol. The van der Waals surface area contributed by atoms with Crippen molar-refractivity contribution in [3.63, 3.8) is 0 Å². The Balaban J connectivity index is 1.62. The molecule has 152 valence electrons. The van der Waals surface area contributed by atoms with E-state index in [0.717, 1.165) is 34.9 Å². The minimum absolute atomic E-state index is 0.336.